The fourth-order valence-electron chi connectivity index (χ4n) is 1.64. The van der Waals surface area contributed by atoms with Gasteiger partial charge < -0.3 is 4.74 Å². The van der Waals surface area contributed by atoms with Crippen LogP contribution in [0.2, 0.25) is 0 Å². The topological polar surface area (TPSA) is 22.1 Å². The highest BCUT2D eigenvalue weighted by molar-refractivity contribution is 7.80. The summed E-state index contributed by atoms with van der Waals surface area (Å²) in [6.07, 6.45) is 8.64. The first-order valence-electron chi connectivity index (χ1n) is 6.27. The molecule has 0 atom stereocenters. The Labute approximate surface area is 119 Å². The first-order valence-corrected chi connectivity index (χ1v) is 6.91. The number of hydrogen-bond donors (Lipinski definition) is 1. The fraction of sp³-hybridized carbons (Fsp3) is 0.188. The third kappa shape index (κ3) is 4.79. The second-order valence-electron chi connectivity index (χ2n) is 4.14. The molecule has 0 aliphatic heterocycles. The lowest BCUT2D eigenvalue weighted by Crippen LogP contribution is -1.95. The van der Waals surface area contributed by atoms with E-state index in [1.54, 1.807) is 6.20 Å². The number of rotatable bonds is 6. The molecule has 98 valence electrons. The van der Waals surface area contributed by atoms with Crippen molar-refractivity contribution in [2.75, 3.05) is 5.75 Å². The second-order valence-corrected chi connectivity index (χ2v) is 4.59. The van der Waals surface area contributed by atoms with Crippen molar-refractivity contribution in [3.05, 3.63) is 66.0 Å². The number of allylic oxidation sites excluding steroid dienone is 1. The van der Waals surface area contributed by atoms with Gasteiger partial charge in [-0.05, 0) is 29.4 Å². The Hall–Kier alpha value is -1.74. The van der Waals surface area contributed by atoms with Gasteiger partial charge in [-0.3, -0.25) is 4.98 Å². The van der Waals surface area contributed by atoms with E-state index in [1.807, 2.05) is 48.7 Å². The van der Waals surface area contributed by atoms with Crippen molar-refractivity contribution >= 4 is 18.7 Å². The molecule has 2 aromatic rings. The van der Waals surface area contributed by atoms with Gasteiger partial charge in [0, 0.05) is 6.20 Å². The molecule has 0 spiro atoms. The number of hydrogen-bond acceptors (Lipinski definition) is 3. The Morgan fingerprint density at radius 2 is 2.00 bits per heavy atom. The van der Waals surface area contributed by atoms with Crippen LogP contribution in [0.5, 0.6) is 5.75 Å². The van der Waals surface area contributed by atoms with Crippen LogP contribution in [0, 0.1) is 0 Å². The highest BCUT2D eigenvalue weighted by Gasteiger charge is 1.97. The van der Waals surface area contributed by atoms with Crippen molar-refractivity contribution < 1.29 is 4.74 Å². The predicted octanol–water partition coefficient (Wildman–Crippen LogP) is 3.99. The molecule has 2 nitrogen and oxygen atoms in total. The molecule has 19 heavy (non-hydrogen) atoms. The van der Waals surface area contributed by atoms with Gasteiger partial charge in [-0.2, -0.15) is 12.6 Å². The van der Waals surface area contributed by atoms with E-state index in [4.69, 9.17) is 4.74 Å². The van der Waals surface area contributed by atoms with Crippen molar-refractivity contribution in [3.63, 3.8) is 0 Å². The summed E-state index contributed by atoms with van der Waals surface area (Å²) in [5, 5.41) is 0. The van der Waals surface area contributed by atoms with Crippen LogP contribution < -0.4 is 4.74 Å². The van der Waals surface area contributed by atoms with Gasteiger partial charge >= 0.3 is 0 Å². The summed E-state index contributed by atoms with van der Waals surface area (Å²) in [5.41, 5.74) is 2.20. The lowest BCUT2D eigenvalue weighted by atomic mass is 10.2. The van der Waals surface area contributed by atoms with Crippen molar-refractivity contribution in [2.24, 2.45) is 0 Å². The summed E-state index contributed by atoms with van der Waals surface area (Å²) in [7, 11) is 0. The largest absolute Gasteiger partial charge is 0.487 e. The molecule has 1 aromatic carbocycles. The molecule has 0 unspecified atom stereocenters. The molecule has 0 aliphatic rings. The third-order valence-electron chi connectivity index (χ3n) is 2.59. The normalized spacial score (nSPS) is 10.8. The van der Waals surface area contributed by atoms with Crippen molar-refractivity contribution in [2.45, 2.75) is 13.0 Å². The predicted molar refractivity (Wildman–Crippen MR) is 82.5 cm³/mol. The van der Waals surface area contributed by atoms with Gasteiger partial charge in [-0.15, -0.1) is 0 Å². The fourth-order valence-corrected chi connectivity index (χ4v) is 1.79. The first-order chi connectivity index (χ1) is 9.38. The van der Waals surface area contributed by atoms with Crippen molar-refractivity contribution in [1.29, 1.82) is 0 Å². The summed E-state index contributed by atoms with van der Waals surface area (Å²) in [5.74, 6) is 1.64. The van der Waals surface area contributed by atoms with Crippen LogP contribution in [0.25, 0.3) is 6.08 Å². The molecule has 0 radical (unpaired) electrons. The molecular weight excluding hydrogens is 254 g/mol. The SMILES string of the molecule is SCCC=Cc1cncc(OCc2ccccc2)c1. The van der Waals surface area contributed by atoms with Crippen LogP contribution in [0.1, 0.15) is 17.5 Å². The summed E-state index contributed by atoms with van der Waals surface area (Å²) in [6, 6.07) is 12.1. The molecule has 3 heteroatoms. The van der Waals surface area contributed by atoms with E-state index in [2.05, 4.69) is 23.7 Å². The van der Waals surface area contributed by atoms with Gasteiger partial charge in [0.1, 0.15) is 12.4 Å². The van der Waals surface area contributed by atoms with E-state index in [0.29, 0.717) is 6.61 Å². The monoisotopic (exact) mass is 271 g/mol. The van der Waals surface area contributed by atoms with E-state index in [0.717, 1.165) is 29.1 Å². The zero-order valence-corrected chi connectivity index (χ0v) is 11.6. The van der Waals surface area contributed by atoms with Crippen LogP contribution in [0.15, 0.2) is 54.9 Å². The van der Waals surface area contributed by atoms with Gasteiger partial charge in [0.25, 0.3) is 0 Å². The standard InChI is InChI=1S/C16H17NOS/c19-9-5-4-8-15-10-16(12-17-11-15)18-13-14-6-2-1-3-7-14/h1-4,6-8,10-12,19H,5,9,13H2. The Kier molecular flexibility index (Phi) is 5.50. The van der Waals surface area contributed by atoms with Crippen LogP contribution >= 0.6 is 12.6 Å². The summed E-state index contributed by atoms with van der Waals surface area (Å²) < 4.78 is 5.73. The van der Waals surface area contributed by atoms with E-state index in [1.165, 1.54) is 0 Å². The highest BCUT2D eigenvalue weighted by atomic mass is 32.1. The summed E-state index contributed by atoms with van der Waals surface area (Å²) in [6.45, 7) is 0.562. The van der Waals surface area contributed by atoms with Crippen molar-refractivity contribution in [1.82, 2.24) is 4.98 Å². The van der Waals surface area contributed by atoms with Gasteiger partial charge in [-0.25, -0.2) is 0 Å². The van der Waals surface area contributed by atoms with E-state index in [9.17, 15) is 0 Å². The Morgan fingerprint density at radius 1 is 1.16 bits per heavy atom. The Bertz CT molecular complexity index is 525. The van der Waals surface area contributed by atoms with Crippen LogP contribution in [-0.4, -0.2) is 10.7 Å². The lowest BCUT2D eigenvalue weighted by molar-refractivity contribution is 0.305. The zero-order valence-electron chi connectivity index (χ0n) is 10.7. The minimum Gasteiger partial charge on any atom is -0.487 e. The van der Waals surface area contributed by atoms with Gasteiger partial charge in [0.15, 0.2) is 0 Å². The van der Waals surface area contributed by atoms with Gasteiger partial charge in [-0.1, -0.05) is 42.5 Å². The van der Waals surface area contributed by atoms with Crippen LogP contribution in [0.3, 0.4) is 0 Å². The highest BCUT2D eigenvalue weighted by Crippen LogP contribution is 2.14. The molecule has 0 bridgehead atoms. The molecule has 0 saturated carbocycles. The average Bonchev–Trinajstić information content (AvgIpc) is 2.47. The Balaban J connectivity index is 1.95. The lowest BCUT2D eigenvalue weighted by Gasteiger charge is -2.06. The minimum absolute atomic E-state index is 0.562. The van der Waals surface area contributed by atoms with Crippen LogP contribution in [-0.2, 0) is 6.61 Å². The molecule has 1 heterocycles. The van der Waals surface area contributed by atoms with Gasteiger partial charge in [0.2, 0.25) is 0 Å². The maximum Gasteiger partial charge on any atom is 0.138 e. The maximum atomic E-state index is 5.73. The van der Waals surface area contributed by atoms with E-state index in [-0.39, 0.29) is 0 Å². The molecule has 1 aromatic heterocycles. The molecule has 0 fully saturated rings. The zero-order chi connectivity index (χ0) is 13.3. The first kappa shape index (κ1) is 13.7. The third-order valence-corrected chi connectivity index (χ3v) is 2.85. The second kappa shape index (κ2) is 7.64. The van der Waals surface area contributed by atoms with E-state index >= 15 is 0 Å². The summed E-state index contributed by atoms with van der Waals surface area (Å²) >= 11 is 4.17. The number of aromatic nitrogens is 1. The van der Waals surface area contributed by atoms with Crippen molar-refractivity contribution in [3.8, 4) is 5.75 Å². The average molecular weight is 271 g/mol. The smallest absolute Gasteiger partial charge is 0.138 e. The molecule has 0 saturated heterocycles. The molecule has 0 amide bonds. The molecule has 0 N–H and O–H groups in total. The van der Waals surface area contributed by atoms with E-state index < -0.39 is 0 Å². The number of thiol groups is 1. The maximum absolute atomic E-state index is 5.73. The molecule has 2 rings (SSSR count). The Morgan fingerprint density at radius 3 is 2.79 bits per heavy atom. The van der Waals surface area contributed by atoms with Gasteiger partial charge in [0.05, 0.1) is 6.20 Å². The number of nitrogens with zero attached hydrogens (tertiary/aromatic N) is 1. The quantitative estimate of drug-likeness (QED) is 0.802. The minimum atomic E-state index is 0.562. The summed E-state index contributed by atoms with van der Waals surface area (Å²) in [4.78, 5) is 4.18. The van der Waals surface area contributed by atoms with Crippen LogP contribution in [0.4, 0.5) is 0 Å². The number of pyridine rings is 1. The molecular formula is C16H17NOS. The number of ether oxygens (including phenoxy) is 1. The number of benzene rings is 1. The molecule has 0 aliphatic carbocycles.